The molecular weight excluding hydrogens is 412 g/mol. The highest BCUT2D eigenvalue weighted by atomic mass is 16.4. The molecule has 166 valence electrons. The third kappa shape index (κ3) is 5.20. The van der Waals surface area contributed by atoms with Gasteiger partial charge in [0, 0.05) is 18.8 Å². The average molecular weight is 437 g/mol. The minimum atomic E-state index is -0.526. The van der Waals surface area contributed by atoms with E-state index in [1.54, 1.807) is 12.3 Å². The number of benzene rings is 1. The molecule has 0 radical (unpaired) electrons. The van der Waals surface area contributed by atoms with Crippen molar-refractivity contribution in [1.29, 1.82) is 0 Å². The lowest BCUT2D eigenvalue weighted by Crippen LogP contribution is -2.40. The van der Waals surface area contributed by atoms with Crippen LogP contribution in [0.5, 0.6) is 0 Å². The molecule has 0 bridgehead atoms. The molecule has 1 fully saturated rings. The van der Waals surface area contributed by atoms with E-state index >= 15 is 0 Å². The lowest BCUT2D eigenvalue weighted by Gasteiger charge is -2.38. The molecule has 1 amide bonds. The molecule has 0 unspecified atom stereocenters. The van der Waals surface area contributed by atoms with E-state index in [1.165, 1.54) is 0 Å². The van der Waals surface area contributed by atoms with Crippen molar-refractivity contribution < 1.29 is 19.1 Å². The summed E-state index contributed by atoms with van der Waals surface area (Å²) < 4.78 is 5.38. The maximum atomic E-state index is 12.4. The molecule has 1 aliphatic heterocycles. The normalized spacial score (nSPS) is 15.2. The number of nitrogens with one attached hydrogen (secondary N) is 2. The van der Waals surface area contributed by atoms with Gasteiger partial charge in [-0.15, -0.1) is 5.10 Å². The standard InChI is InChI=1S/C22H24N6O4/c1-22(13-18(29)30)9-11-28(12-10-22)17-8-7-16(14-23-17)24-19(31)20-26-27-21(32-20)25-15-5-3-2-4-6-15/h2-8,14H,9-13H2,1H3,(H,24,31)(H,25,27)(H,29,30)/p+1. The fourth-order valence-corrected chi connectivity index (χ4v) is 3.68. The number of amides is 1. The van der Waals surface area contributed by atoms with Gasteiger partial charge < -0.3 is 29.9 Å². The van der Waals surface area contributed by atoms with Crippen molar-refractivity contribution in [2.45, 2.75) is 26.2 Å². The zero-order valence-electron chi connectivity index (χ0n) is 17.7. The third-order valence-corrected chi connectivity index (χ3v) is 5.53. The summed E-state index contributed by atoms with van der Waals surface area (Å²) in [5, 5.41) is 22.4. The lowest BCUT2D eigenvalue weighted by molar-refractivity contribution is 0.0991. The van der Waals surface area contributed by atoms with E-state index in [-0.39, 0.29) is 23.7 Å². The fourth-order valence-electron chi connectivity index (χ4n) is 3.68. The Labute approximate surface area is 184 Å². The van der Waals surface area contributed by atoms with Crippen LogP contribution in [0.2, 0.25) is 0 Å². The van der Waals surface area contributed by atoms with Crippen molar-refractivity contribution in [3.63, 3.8) is 0 Å². The summed E-state index contributed by atoms with van der Waals surface area (Å²) >= 11 is 0. The number of hydrogen-bond acceptors (Lipinski definition) is 7. The molecule has 3 heterocycles. The van der Waals surface area contributed by atoms with Crippen molar-refractivity contribution in [2.24, 2.45) is 5.41 Å². The maximum absolute atomic E-state index is 12.4. The van der Waals surface area contributed by atoms with Crippen LogP contribution in [0.4, 0.5) is 23.2 Å². The molecule has 4 rings (SSSR count). The number of carboxylic acid groups (broad SMARTS) is 1. The van der Waals surface area contributed by atoms with Gasteiger partial charge in [0.2, 0.25) is 0 Å². The molecule has 3 aromatic rings. The predicted octanol–water partition coefficient (Wildman–Crippen LogP) is 3.52. The number of rotatable bonds is 7. The zero-order valence-corrected chi connectivity index (χ0v) is 17.7. The minimum absolute atomic E-state index is 0.123. The molecule has 0 spiro atoms. The van der Waals surface area contributed by atoms with Crippen LogP contribution in [0, 0.1) is 5.41 Å². The number of carbonyl (C=O) groups is 1. The Hall–Kier alpha value is -3.95. The minimum Gasteiger partial charge on any atom is -0.399 e. The molecular formula is C22H25N6O4+. The highest BCUT2D eigenvalue weighted by Gasteiger charge is 2.34. The molecule has 0 aliphatic carbocycles. The van der Waals surface area contributed by atoms with Gasteiger partial charge in [-0.2, -0.15) is 0 Å². The van der Waals surface area contributed by atoms with Crippen molar-refractivity contribution in [1.82, 2.24) is 15.2 Å². The van der Waals surface area contributed by atoms with Crippen LogP contribution in [0.25, 0.3) is 0 Å². The van der Waals surface area contributed by atoms with Crippen molar-refractivity contribution in [2.75, 3.05) is 28.6 Å². The quantitative estimate of drug-likeness (QED) is 0.477. The molecule has 1 aliphatic rings. The Kier molecular flexibility index (Phi) is 6.02. The topological polar surface area (TPSA) is 138 Å². The molecule has 32 heavy (non-hydrogen) atoms. The second-order valence-electron chi connectivity index (χ2n) is 8.15. The first-order valence-electron chi connectivity index (χ1n) is 10.3. The Bertz CT molecular complexity index is 1080. The van der Waals surface area contributed by atoms with Crippen LogP contribution in [-0.4, -0.2) is 50.0 Å². The monoisotopic (exact) mass is 437 g/mol. The molecule has 1 saturated heterocycles. The number of nitrogens with zero attached hydrogens (tertiary/aromatic N) is 4. The maximum Gasteiger partial charge on any atom is 0.480 e. The molecule has 0 saturated carbocycles. The van der Waals surface area contributed by atoms with E-state index in [0.717, 1.165) is 37.4 Å². The lowest BCUT2D eigenvalue weighted by atomic mass is 9.77. The number of carboxylic acids is 1. The summed E-state index contributed by atoms with van der Waals surface area (Å²) in [5.74, 6) is -0.397. The number of anilines is 4. The number of para-hydroxylation sites is 1. The third-order valence-electron chi connectivity index (χ3n) is 5.53. The van der Waals surface area contributed by atoms with E-state index in [9.17, 15) is 14.7 Å². The highest BCUT2D eigenvalue weighted by Crippen LogP contribution is 2.35. The average Bonchev–Trinajstić information content (AvgIpc) is 3.24. The zero-order chi connectivity index (χ0) is 22.6. The number of carbonyl (C=O) groups excluding carboxylic acids is 1. The van der Waals surface area contributed by atoms with Crippen molar-refractivity contribution in [3.8, 4) is 0 Å². The molecule has 2 aromatic heterocycles. The summed E-state index contributed by atoms with van der Waals surface area (Å²) in [6, 6.07) is 13.0. The first-order chi connectivity index (χ1) is 15.4. The number of hydrogen-bond donors (Lipinski definition) is 3. The van der Waals surface area contributed by atoms with Gasteiger partial charge in [0.1, 0.15) is 12.2 Å². The molecule has 10 nitrogen and oxygen atoms in total. The van der Waals surface area contributed by atoms with Gasteiger partial charge in [0.25, 0.3) is 0 Å². The summed E-state index contributed by atoms with van der Waals surface area (Å²) in [7, 11) is 0. The first kappa shape index (κ1) is 21.3. The smallest absolute Gasteiger partial charge is 0.399 e. The summed E-state index contributed by atoms with van der Waals surface area (Å²) in [5.41, 5.74) is 1.16. The van der Waals surface area contributed by atoms with E-state index in [0.29, 0.717) is 5.69 Å². The second-order valence-corrected chi connectivity index (χ2v) is 8.15. The van der Waals surface area contributed by atoms with Gasteiger partial charge in [-0.05, 0) is 42.5 Å². The number of aliphatic hydroxyl groups excluding tert-OH is 1. The van der Waals surface area contributed by atoms with Gasteiger partial charge in [-0.3, -0.25) is 4.79 Å². The Morgan fingerprint density at radius 1 is 1.16 bits per heavy atom. The molecule has 4 N–H and O–H groups in total. The van der Waals surface area contributed by atoms with E-state index in [2.05, 4.69) is 37.6 Å². The first-order valence-corrected chi connectivity index (χ1v) is 10.3. The van der Waals surface area contributed by atoms with Crippen LogP contribution in [-0.2, 0) is 0 Å². The van der Waals surface area contributed by atoms with E-state index in [1.807, 2.05) is 36.4 Å². The largest absolute Gasteiger partial charge is 0.480 e. The van der Waals surface area contributed by atoms with Crippen molar-refractivity contribution >= 4 is 35.1 Å². The van der Waals surface area contributed by atoms with Crippen LogP contribution < -0.4 is 15.5 Å². The number of aliphatic carboxylic acids is 1. The van der Waals surface area contributed by atoms with Crippen LogP contribution >= 0.6 is 0 Å². The van der Waals surface area contributed by atoms with E-state index in [4.69, 9.17) is 4.42 Å². The summed E-state index contributed by atoms with van der Waals surface area (Å²) in [6.45, 7) is 3.59. The van der Waals surface area contributed by atoms with Gasteiger partial charge in [0.05, 0.1) is 11.9 Å². The van der Waals surface area contributed by atoms with Crippen molar-refractivity contribution in [3.05, 3.63) is 54.6 Å². The Morgan fingerprint density at radius 3 is 2.56 bits per heavy atom. The molecule has 10 heteroatoms. The van der Waals surface area contributed by atoms with Gasteiger partial charge in [0.15, 0.2) is 0 Å². The molecule has 1 aromatic carbocycles. The Balaban J connectivity index is 1.32. The second kappa shape index (κ2) is 9.04. The summed E-state index contributed by atoms with van der Waals surface area (Å²) in [4.78, 5) is 28.2. The highest BCUT2D eigenvalue weighted by molar-refractivity contribution is 6.00. The van der Waals surface area contributed by atoms with E-state index < -0.39 is 11.9 Å². The Morgan fingerprint density at radius 2 is 1.91 bits per heavy atom. The number of aromatic nitrogens is 3. The molecule has 0 atom stereocenters. The van der Waals surface area contributed by atoms with Gasteiger partial charge in [-0.25, -0.2) is 4.98 Å². The van der Waals surface area contributed by atoms with Gasteiger partial charge >= 0.3 is 23.8 Å². The summed E-state index contributed by atoms with van der Waals surface area (Å²) in [6.07, 6.45) is 3.52. The fraction of sp³-hybridized carbons (Fsp3) is 0.318. The van der Waals surface area contributed by atoms with Crippen LogP contribution in [0.15, 0.2) is 53.1 Å². The SMILES string of the molecule is CC1(CC(O)=[OH+])CCN(c2ccc(NC(=O)c3nnc(Nc4ccccc4)o3)cn2)CC1. The van der Waals surface area contributed by atoms with Crippen LogP contribution in [0.3, 0.4) is 0 Å². The number of piperidine rings is 1. The number of pyridine rings is 1. The van der Waals surface area contributed by atoms with Gasteiger partial charge in [-0.1, -0.05) is 30.2 Å². The van der Waals surface area contributed by atoms with Crippen LogP contribution in [0.1, 0.15) is 36.9 Å². The predicted molar refractivity (Wildman–Crippen MR) is 120 cm³/mol.